The minimum absolute atomic E-state index is 0.0325. The molecule has 4 N–H and O–H groups in total. The fraction of sp³-hybridized carbons (Fsp3) is 0.478. The van der Waals surface area contributed by atoms with E-state index in [4.69, 9.17) is 28.9 Å². The van der Waals surface area contributed by atoms with Gasteiger partial charge in [-0.3, -0.25) is 9.59 Å². The van der Waals surface area contributed by atoms with Gasteiger partial charge in [-0.25, -0.2) is 19.6 Å². The van der Waals surface area contributed by atoms with Crippen LogP contribution in [0.25, 0.3) is 44.3 Å². The van der Waals surface area contributed by atoms with Crippen molar-refractivity contribution in [1.82, 2.24) is 40.4 Å². The largest absolute Gasteiger partial charge is 0.453 e. The first kappa shape index (κ1) is 41.4. The van der Waals surface area contributed by atoms with Crippen LogP contribution in [0.2, 0.25) is 0 Å². The zero-order valence-corrected chi connectivity index (χ0v) is 35.2. The first-order chi connectivity index (χ1) is 30.3. The summed E-state index contributed by atoms with van der Waals surface area (Å²) in [6.45, 7) is 3.40. The monoisotopic (exact) mass is 846 g/mol. The Bertz CT molecular complexity index is 2250. The summed E-state index contributed by atoms with van der Waals surface area (Å²) in [7, 11) is 2.62. The van der Waals surface area contributed by atoms with Gasteiger partial charge in [0.2, 0.25) is 11.8 Å². The third-order valence-corrected chi connectivity index (χ3v) is 13.2. The number of alkyl carbamates (subject to hydrolysis) is 2. The van der Waals surface area contributed by atoms with Gasteiger partial charge in [0.25, 0.3) is 0 Å². The lowest BCUT2D eigenvalue weighted by Gasteiger charge is -2.34. The van der Waals surface area contributed by atoms with E-state index < -0.39 is 24.3 Å². The van der Waals surface area contributed by atoms with Gasteiger partial charge in [0.1, 0.15) is 23.7 Å². The van der Waals surface area contributed by atoms with E-state index in [0.29, 0.717) is 65.2 Å². The van der Waals surface area contributed by atoms with Gasteiger partial charge in [-0.15, -0.1) is 0 Å². The fourth-order valence-electron chi connectivity index (χ4n) is 9.81. The van der Waals surface area contributed by atoms with Crippen LogP contribution in [0.3, 0.4) is 0 Å². The molecule has 0 radical (unpaired) electrons. The molecule has 0 aliphatic carbocycles. The van der Waals surface area contributed by atoms with Crippen LogP contribution in [0.5, 0.6) is 0 Å². The third kappa shape index (κ3) is 8.45. The first-order valence-electron chi connectivity index (χ1n) is 21.8. The van der Waals surface area contributed by atoms with E-state index >= 15 is 0 Å². The Morgan fingerprint density at radius 2 is 0.984 bits per heavy atom. The van der Waals surface area contributed by atoms with E-state index in [1.165, 1.54) is 14.2 Å². The van der Waals surface area contributed by atoms with E-state index in [1.807, 2.05) is 21.9 Å². The second-order valence-electron chi connectivity index (χ2n) is 16.8. The Labute approximate surface area is 359 Å². The summed E-state index contributed by atoms with van der Waals surface area (Å²) in [5.41, 5.74) is 7.58. The Hall–Kier alpha value is -6.00. The molecule has 4 aliphatic rings. The normalized spacial score (nSPS) is 20.9. The van der Waals surface area contributed by atoms with Crippen LogP contribution in [0, 0.1) is 11.8 Å². The molecule has 5 aromatic rings. The van der Waals surface area contributed by atoms with Crippen LogP contribution in [0.1, 0.15) is 75.1 Å². The van der Waals surface area contributed by atoms with Crippen molar-refractivity contribution in [2.24, 2.45) is 11.8 Å². The maximum atomic E-state index is 14.1. The van der Waals surface area contributed by atoms with Gasteiger partial charge in [-0.2, -0.15) is 0 Å². The second kappa shape index (κ2) is 18.2. The molecular weight excluding hydrogens is 793 g/mol. The summed E-state index contributed by atoms with van der Waals surface area (Å²) < 4.78 is 20.8. The number of ether oxygens (including phenoxy) is 4. The zero-order valence-electron chi connectivity index (χ0n) is 35.2. The SMILES string of the molecule is COC(=O)NC(C(=O)N1CCC[C@H]1c1nc2ccc(-c3ccc(-c4ccc5nc([C@@H]6CCCN6C(=O)C(NC(=O)OC)C6CCOCC6)[nH]c5c4)cc3)cc2[nH]1)C1CCOCC1. The summed E-state index contributed by atoms with van der Waals surface area (Å²) in [5.74, 6) is 1.18. The molecule has 16 heteroatoms. The molecule has 9 rings (SSSR count). The molecule has 4 fully saturated rings. The summed E-state index contributed by atoms with van der Waals surface area (Å²) >= 11 is 0. The Kier molecular flexibility index (Phi) is 12.1. The number of methoxy groups -OCH3 is 2. The minimum atomic E-state index is -0.690. The summed E-state index contributed by atoms with van der Waals surface area (Å²) in [6, 6.07) is 18.9. The summed E-state index contributed by atoms with van der Waals surface area (Å²) in [4.78, 5) is 73.4. The van der Waals surface area contributed by atoms with Gasteiger partial charge in [0.15, 0.2) is 0 Å². The number of nitrogens with one attached hydrogen (secondary N) is 4. The number of carbonyl (C=O) groups is 4. The maximum Gasteiger partial charge on any atom is 0.407 e. The number of carbonyl (C=O) groups excluding carboxylic acids is 4. The van der Waals surface area contributed by atoms with Gasteiger partial charge >= 0.3 is 12.2 Å². The number of aromatic nitrogens is 4. The Morgan fingerprint density at radius 1 is 0.597 bits per heavy atom. The van der Waals surface area contributed by atoms with E-state index in [2.05, 4.69) is 69.1 Å². The topological polar surface area (TPSA) is 193 Å². The van der Waals surface area contributed by atoms with Gasteiger partial charge < -0.3 is 49.3 Å². The molecule has 0 saturated carbocycles. The number of fused-ring (bicyclic) bond motifs is 2. The molecule has 0 spiro atoms. The molecule has 0 bridgehead atoms. The average molecular weight is 847 g/mol. The number of H-pyrrole nitrogens is 2. The first-order valence-corrected chi connectivity index (χ1v) is 21.8. The van der Waals surface area contributed by atoms with Crippen molar-refractivity contribution in [3.05, 3.63) is 72.3 Å². The molecule has 2 aromatic heterocycles. The van der Waals surface area contributed by atoms with Crippen molar-refractivity contribution >= 4 is 46.1 Å². The van der Waals surface area contributed by atoms with Crippen molar-refractivity contribution in [1.29, 1.82) is 0 Å². The molecule has 4 aliphatic heterocycles. The van der Waals surface area contributed by atoms with Crippen LogP contribution in [0.4, 0.5) is 9.59 Å². The Balaban J connectivity index is 0.895. The molecule has 6 heterocycles. The molecular formula is C46H54N8O8. The van der Waals surface area contributed by atoms with Crippen molar-refractivity contribution in [2.45, 2.75) is 75.5 Å². The van der Waals surface area contributed by atoms with Crippen LogP contribution in [-0.2, 0) is 28.5 Å². The van der Waals surface area contributed by atoms with Crippen molar-refractivity contribution in [3.8, 4) is 22.3 Å². The quantitative estimate of drug-likeness (QED) is 0.122. The summed E-state index contributed by atoms with van der Waals surface area (Å²) in [5, 5.41) is 5.65. The lowest BCUT2D eigenvalue weighted by atomic mass is 9.90. The molecule has 62 heavy (non-hydrogen) atoms. The molecule has 326 valence electrons. The van der Waals surface area contributed by atoms with Gasteiger partial charge in [-0.1, -0.05) is 36.4 Å². The van der Waals surface area contributed by atoms with Gasteiger partial charge in [-0.05, 0) is 110 Å². The molecule has 16 nitrogen and oxygen atoms in total. The number of amides is 4. The third-order valence-electron chi connectivity index (χ3n) is 13.2. The molecule has 4 atom stereocenters. The van der Waals surface area contributed by atoms with Crippen LogP contribution < -0.4 is 10.6 Å². The smallest absolute Gasteiger partial charge is 0.407 e. The van der Waals surface area contributed by atoms with Crippen molar-refractivity contribution in [3.63, 3.8) is 0 Å². The minimum Gasteiger partial charge on any atom is -0.453 e. The zero-order chi connectivity index (χ0) is 42.7. The predicted molar refractivity (Wildman–Crippen MR) is 230 cm³/mol. The number of nitrogens with zero attached hydrogens (tertiary/aromatic N) is 4. The highest BCUT2D eigenvalue weighted by Gasteiger charge is 2.42. The number of imidazole rings is 2. The lowest BCUT2D eigenvalue weighted by Crippen LogP contribution is -2.53. The van der Waals surface area contributed by atoms with Crippen molar-refractivity contribution < 1.29 is 38.1 Å². The highest BCUT2D eigenvalue weighted by Crippen LogP contribution is 2.37. The van der Waals surface area contributed by atoms with Gasteiger partial charge in [0.05, 0.1) is 48.4 Å². The van der Waals surface area contributed by atoms with Crippen LogP contribution >= 0.6 is 0 Å². The number of rotatable bonds is 10. The number of aromatic amines is 2. The number of likely N-dealkylation sites (tertiary alicyclic amines) is 2. The lowest BCUT2D eigenvalue weighted by molar-refractivity contribution is -0.137. The molecule has 4 saturated heterocycles. The Morgan fingerprint density at radius 3 is 1.37 bits per heavy atom. The molecule has 3 aromatic carbocycles. The summed E-state index contributed by atoms with van der Waals surface area (Å²) in [6.07, 6.45) is 4.77. The van der Waals surface area contributed by atoms with E-state index in [-0.39, 0.29) is 35.7 Å². The highest BCUT2D eigenvalue weighted by molar-refractivity contribution is 5.89. The molecule has 4 amide bonds. The maximum absolute atomic E-state index is 14.1. The number of benzene rings is 3. The molecule has 2 unspecified atom stereocenters. The van der Waals surface area contributed by atoms with Crippen molar-refractivity contribution in [2.75, 3.05) is 53.7 Å². The number of hydrogen-bond acceptors (Lipinski definition) is 10. The highest BCUT2D eigenvalue weighted by atomic mass is 16.5. The second-order valence-corrected chi connectivity index (χ2v) is 16.8. The standard InChI is InChI=1S/C46H54N8O8/c1-59-45(57)51-39(29-15-21-61-22-16-29)43(55)53-19-3-5-37(53)41-47-33-13-11-31(25-35(33)49-41)27-7-9-28(10-8-27)32-12-14-34-36(26-32)50-42(48-34)38-6-4-20-54(38)44(56)40(52-46(58)60-2)30-17-23-62-24-18-30/h7-14,25-26,29-30,37-40H,3-6,15-24H2,1-2H3,(H,47,49)(H,48,50)(H,51,57)(H,52,58)/t37-,38-,39?,40?/m0/s1. The fourth-order valence-corrected chi connectivity index (χ4v) is 9.81. The van der Waals surface area contributed by atoms with E-state index in [9.17, 15) is 19.2 Å². The van der Waals surface area contributed by atoms with E-state index in [0.717, 1.165) is 81.7 Å². The number of hydrogen-bond donors (Lipinski definition) is 4. The van der Waals surface area contributed by atoms with Gasteiger partial charge in [0, 0.05) is 39.5 Å². The average Bonchev–Trinajstić information content (AvgIpc) is 4.16. The van der Waals surface area contributed by atoms with Crippen LogP contribution in [-0.4, -0.2) is 120 Å². The predicted octanol–water partition coefficient (Wildman–Crippen LogP) is 6.40. The van der Waals surface area contributed by atoms with E-state index in [1.54, 1.807) is 0 Å². The van der Waals surface area contributed by atoms with Crippen LogP contribution in [0.15, 0.2) is 60.7 Å².